The van der Waals surface area contributed by atoms with E-state index in [0.29, 0.717) is 5.89 Å². The molecule has 0 saturated heterocycles. The molecule has 0 aliphatic carbocycles. The summed E-state index contributed by atoms with van der Waals surface area (Å²) in [4.78, 5) is 8.43. The van der Waals surface area contributed by atoms with Crippen LogP contribution in [0.25, 0.3) is 22.9 Å². The number of aromatic nitrogens is 2. The Bertz CT molecular complexity index is 548. The van der Waals surface area contributed by atoms with Crippen LogP contribution in [0.5, 0.6) is 0 Å². The van der Waals surface area contributed by atoms with E-state index in [9.17, 15) is 0 Å². The summed E-state index contributed by atoms with van der Waals surface area (Å²) >= 11 is 0. The van der Waals surface area contributed by atoms with Crippen molar-refractivity contribution in [1.82, 2.24) is 9.97 Å². The van der Waals surface area contributed by atoms with Gasteiger partial charge in [-0.05, 0) is 12.1 Å². The number of oxazole rings is 1. The minimum absolute atomic E-state index is 0.546. The monoisotopic (exact) mass is 222 g/mol. The molecule has 0 unspecified atom stereocenters. The number of hydrogen-bond acceptors (Lipinski definition) is 3. The van der Waals surface area contributed by atoms with E-state index >= 15 is 0 Å². The molecular weight excluding hydrogens is 212 g/mol. The molecular formula is C14H10N2O. The minimum Gasteiger partial charge on any atom is -0.435 e. The van der Waals surface area contributed by atoms with Gasteiger partial charge in [0.2, 0.25) is 5.89 Å². The Kier molecular flexibility index (Phi) is 2.43. The lowest BCUT2D eigenvalue weighted by Crippen LogP contribution is -1.79. The van der Waals surface area contributed by atoms with Crippen LogP contribution in [-0.2, 0) is 0 Å². The molecule has 0 saturated carbocycles. The van der Waals surface area contributed by atoms with Gasteiger partial charge in [-0.15, -0.1) is 0 Å². The highest BCUT2D eigenvalue weighted by atomic mass is 16.4. The van der Waals surface area contributed by atoms with Gasteiger partial charge in [0, 0.05) is 11.8 Å². The number of hydrogen-bond donors (Lipinski definition) is 0. The molecule has 2 heterocycles. The lowest BCUT2D eigenvalue weighted by Gasteiger charge is -1.95. The zero-order valence-corrected chi connectivity index (χ0v) is 9.08. The Morgan fingerprint density at radius 1 is 0.824 bits per heavy atom. The first-order chi connectivity index (χ1) is 8.43. The Balaban J connectivity index is 1.99. The summed E-state index contributed by atoms with van der Waals surface area (Å²) in [5.41, 5.74) is 1.76. The van der Waals surface area contributed by atoms with Gasteiger partial charge < -0.3 is 4.42 Å². The van der Waals surface area contributed by atoms with Crippen LogP contribution in [0.1, 0.15) is 0 Å². The van der Waals surface area contributed by atoms with Gasteiger partial charge in [-0.2, -0.15) is 0 Å². The summed E-state index contributed by atoms with van der Waals surface area (Å²) in [5.74, 6) is 1.30. The van der Waals surface area contributed by atoms with Crippen molar-refractivity contribution in [2.45, 2.75) is 0 Å². The maximum Gasteiger partial charge on any atom is 0.245 e. The third-order valence-electron chi connectivity index (χ3n) is 2.45. The molecule has 2 aromatic heterocycles. The van der Waals surface area contributed by atoms with Crippen molar-refractivity contribution >= 4 is 0 Å². The zero-order chi connectivity index (χ0) is 11.5. The van der Waals surface area contributed by atoms with Gasteiger partial charge in [0.15, 0.2) is 5.76 Å². The van der Waals surface area contributed by atoms with Gasteiger partial charge in [-0.3, -0.25) is 4.98 Å². The van der Waals surface area contributed by atoms with Gasteiger partial charge in [0.05, 0.1) is 6.20 Å². The van der Waals surface area contributed by atoms with Crippen LogP contribution in [0.3, 0.4) is 0 Å². The van der Waals surface area contributed by atoms with Crippen molar-refractivity contribution in [2.24, 2.45) is 0 Å². The highest BCUT2D eigenvalue weighted by Gasteiger charge is 2.08. The summed E-state index contributed by atoms with van der Waals surface area (Å²) < 4.78 is 5.68. The smallest absolute Gasteiger partial charge is 0.245 e. The van der Waals surface area contributed by atoms with E-state index in [4.69, 9.17) is 4.42 Å². The summed E-state index contributed by atoms with van der Waals surface area (Å²) in [5, 5.41) is 0. The average molecular weight is 222 g/mol. The molecule has 17 heavy (non-hydrogen) atoms. The number of pyridine rings is 1. The van der Waals surface area contributed by atoms with E-state index < -0.39 is 0 Å². The molecule has 0 amide bonds. The molecule has 3 nitrogen and oxygen atoms in total. The van der Waals surface area contributed by atoms with Crippen molar-refractivity contribution in [3.8, 4) is 22.9 Å². The molecule has 0 atom stereocenters. The van der Waals surface area contributed by atoms with Crippen molar-refractivity contribution in [2.75, 3.05) is 0 Å². The van der Waals surface area contributed by atoms with E-state index in [1.165, 1.54) is 0 Å². The molecule has 0 bridgehead atoms. The molecule has 82 valence electrons. The molecule has 0 N–H and O–H groups in total. The quantitative estimate of drug-likeness (QED) is 0.667. The molecule has 0 fully saturated rings. The number of benzene rings is 1. The van der Waals surface area contributed by atoms with Crippen molar-refractivity contribution in [3.63, 3.8) is 0 Å². The normalized spacial score (nSPS) is 10.4. The maximum atomic E-state index is 5.68. The van der Waals surface area contributed by atoms with E-state index in [0.717, 1.165) is 17.0 Å². The predicted molar refractivity (Wildman–Crippen MR) is 65.2 cm³/mol. The first kappa shape index (κ1) is 9.78. The molecule has 0 aliphatic heterocycles. The topological polar surface area (TPSA) is 38.9 Å². The zero-order valence-electron chi connectivity index (χ0n) is 9.08. The Morgan fingerprint density at radius 3 is 2.41 bits per heavy atom. The van der Waals surface area contributed by atoms with Crippen molar-refractivity contribution in [1.29, 1.82) is 0 Å². The van der Waals surface area contributed by atoms with E-state index in [2.05, 4.69) is 9.97 Å². The first-order valence-corrected chi connectivity index (χ1v) is 5.36. The largest absolute Gasteiger partial charge is 0.435 e. The summed E-state index contributed by atoms with van der Waals surface area (Å²) in [7, 11) is 0. The standard InChI is InChI=1S/C14H10N2O/c1-2-6-11(7-3-1)13-10-16-14(17-13)12-8-4-5-9-15-12/h1-10H. The highest BCUT2D eigenvalue weighted by Crippen LogP contribution is 2.24. The minimum atomic E-state index is 0.546. The highest BCUT2D eigenvalue weighted by molar-refractivity contribution is 5.59. The second-order valence-electron chi connectivity index (χ2n) is 3.61. The van der Waals surface area contributed by atoms with Crippen LogP contribution in [0, 0.1) is 0 Å². The Hall–Kier alpha value is -2.42. The van der Waals surface area contributed by atoms with E-state index in [1.807, 2.05) is 48.5 Å². The van der Waals surface area contributed by atoms with Crippen molar-refractivity contribution in [3.05, 3.63) is 60.9 Å². The van der Waals surface area contributed by atoms with Crippen LogP contribution in [-0.4, -0.2) is 9.97 Å². The van der Waals surface area contributed by atoms with Crippen LogP contribution in [0.4, 0.5) is 0 Å². The summed E-state index contributed by atoms with van der Waals surface area (Å²) in [6, 6.07) is 15.5. The van der Waals surface area contributed by atoms with E-state index in [1.54, 1.807) is 12.4 Å². The molecule has 3 aromatic rings. The molecule has 0 radical (unpaired) electrons. The fraction of sp³-hybridized carbons (Fsp3) is 0. The molecule has 0 aliphatic rings. The molecule has 3 rings (SSSR count). The first-order valence-electron chi connectivity index (χ1n) is 5.36. The lowest BCUT2D eigenvalue weighted by atomic mass is 10.2. The number of rotatable bonds is 2. The van der Waals surface area contributed by atoms with Crippen LogP contribution < -0.4 is 0 Å². The third-order valence-corrected chi connectivity index (χ3v) is 2.45. The fourth-order valence-corrected chi connectivity index (χ4v) is 1.62. The Morgan fingerprint density at radius 2 is 1.65 bits per heavy atom. The molecule has 1 aromatic carbocycles. The van der Waals surface area contributed by atoms with Gasteiger partial charge in [-0.1, -0.05) is 36.4 Å². The van der Waals surface area contributed by atoms with Crippen LogP contribution in [0.2, 0.25) is 0 Å². The second kappa shape index (κ2) is 4.22. The number of nitrogens with zero attached hydrogens (tertiary/aromatic N) is 2. The summed E-state index contributed by atoms with van der Waals surface area (Å²) in [6.45, 7) is 0. The summed E-state index contributed by atoms with van der Waals surface area (Å²) in [6.07, 6.45) is 3.45. The lowest BCUT2D eigenvalue weighted by molar-refractivity contribution is 0.586. The van der Waals surface area contributed by atoms with Crippen LogP contribution in [0.15, 0.2) is 65.3 Å². The van der Waals surface area contributed by atoms with Gasteiger partial charge >= 0.3 is 0 Å². The average Bonchev–Trinajstić information content (AvgIpc) is 2.90. The van der Waals surface area contributed by atoms with Crippen molar-refractivity contribution < 1.29 is 4.42 Å². The van der Waals surface area contributed by atoms with Gasteiger partial charge in [-0.25, -0.2) is 4.98 Å². The second-order valence-corrected chi connectivity index (χ2v) is 3.61. The van der Waals surface area contributed by atoms with Crippen LogP contribution >= 0.6 is 0 Å². The van der Waals surface area contributed by atoms with Gasteiger partial charge in [0.1, 0.15) is 5.69 Å². The SMILES string of the molecule is c1ccc(-c2cnc(-c3ccccn3)o2)cc1. The maximum absolute atomic E-state index is 5.68. The van der Waals surface area contributed by atoms with E-state index in [-0.39, 0.29) is 0 Å². The Labute approximate surface area is 98.8 Å². The predicted octanol–water partition coefficient (Wildman–Crippen LogP) is 3.40. The van der Waals surface area contributed by atoms with Gasteiger partial charge in [0.25, 0.3) is 0 Å². The fourth-order valence-electron chi connectivity index (χ4n) is 1.62. The molecule has 3 heteroatoms. The molecule has 0 spiro atoms. The third kappa shape index (κ3) is 1.95.